The molecule has 1 aromatic carbocycles. The van der Waals surface area contributed by atoms with Crippen LogP contribution in [0.15, 0.2) is 41.7 Å². The van der Waals surface area contributed by atoms with Crippen molar-refractivity contribution in [1.82, 2.24) is 9.97 Å². The third-order valence-electron chi connectivity index (χ3n) is 3.05. The molecule has 0 radical (unpaired) electrons. The normalized spacial score (nSPS) is 10.4. The maximum atomic E-state index is 12.4. The second-order valence-corrected chi connectivity index (χ2v) is 5.42. The first-order chi connectivity index (χ1) is 10.1. The molecule has 6 heteroatoms. The molecule has 0 spiro atoms. The topological polar surface area (TPSA) is 72.1 Å². The Bertz CT molecular complexity index is 633. The zero-order chi connectivity index (χ0) is 15.2. The standard InChI is InChI=1S/C15H18N4OS/c1-3-19(12-7-5-4-6-11(12)2)13(20)10-21-15-14(16)17-8-9-18-15/h4-9H,3,10H2,1-2H3,(H2,16,17). The quantitative estimate of drug-likeness (QED) is 0.859. The molecule has 21 heavy (non-hydrogen) atoms. The lowest BCUT2D eigenvalue weighted by Gasteiger charge is -2.22. The van der Waals surface area contributed by atoms with Gasteiger partial charge in [-0.1, -0.05) is 30.0 Å². The van der Waals surface area contributed by atoms with Gasteiger partial charge in [0, 0.05) is 24.6 Å². The Hall–Kier alpha value is -2.08. The van der Waals surface area contributed by atoms with E-state index in [1.165, 1.54) is 18.0 Å². The molecule has 1 amide bonds. The van der Waals surface area contributed by atoms with Gasteiger partial charge in [0.15, 0.2) is 5.82 Å². The van der Waals surface area contributed by atoms with E-state index in [2.05, 4.69) is 9.97 Å². The smallest absolute Gasteiger partial charge is 0.237 e. The average molecular weight is 302 g/mol. The molecule has 110 valence electrons. The summed E-state index contributed by atoms with van der Waals surface area (Å²) in [4.78, 5) is 22.3. The molecule has 0 unspecified atom stereocenters. The number of aryl methyl sites for hydroxylation is 1. The molecule has 5 nitrogen and oxygen atoms in total. The lowest BCUT2D eigenvalue weighted by atomic mass is 10.2. The number of carbonyl (C=O) groups is 1. The van der Waals surface area contributed by atoms with Crippen LogP contribution in [0.25, 0.3) is 0 Å². The Kier molecular flexibility index (Phi) is 5.16. The summed E-state index contributed by atoms with van der Waals surface area (Å²) in [5, 5.41) is 0.590. The molecule has 0 atom stereocenters. The van der Waals surface area contributed by atoms with Gasteiger partial charge in [-0.3, -0.25) is 4.79 Å². The van der Waals surface area contributed by atoms with Crippen molar-refractivity contribution in [3.63, 3.8) is 0 Å². The fourth-order valence-corrected chi connectivity index (χ4v) is 2.75. The summed E-state index contributed by atoms with van der Waals surface area (Å²) in [7, 11) is 0. The van der Waals surface area contributed by atoms with Crippen molar-refractivity contribution in [2.45, 2.75) is 18.9 Å². The van der Waals surface area contributed by atoms with Gasteiger partial charge in [0.1, 0.15) is 5.03 Å². The molecule has 0 saturated heterocycles. The average Bonchev–Trinajstić information content (AvgIpc) is 2.49. The van der Waals surface area contributed by atoms with Crippen LogP contribution in [0.5, 0.6) is 0 Å². The minimum absolute atomic E-state index is 0.0295. The number of nitrogen functional groups attached to an aromatic ring is 1. The molecule has 2 N–H and O–H groups in total. The summed E-state index contributed by atoms with van der Waals surface area (Å²) < 4.78 is 0. The van der Waals surface area contributed by atoms with E-state index >= 15 is 0 Å². The Morgan fingerprint density at radius 2 is 2.00 bits per heavy atom. The lowest BCUT2D eigenvalue weighted by molar-refractivity contribution is -0.116. The molecule has 0 bridgehead atoms. The van der Waals surface area contributed by atoms with Crippen LogP contribution in [0.1, 0.15) is 12.5 Å². The third-order valence-corrected chi connectivity index (χ3v) is 4.03. The summed E-state index contributed by atoms with van der Waals surface area (Å²) in [5.74, 6) is 0.668. The SMILES string of the molecule is CCN(C(=O)CSc1nccnc1N)c1ccccc1C. The second-order valence-electron chi connectivity index (χ2n) is 4.46. The van der Waals surface area contributed by atoms with Crippen LogP contribution < -0.4 is 10.6 Å². The fraction of sp³-hybridized carbons (Fsp3) is 0.267. The number of para-hydroxylation sites is 1. The molecule has 1 aromatic heterocycles. The van der Waals surface area contributed by atoms with Crippen LogP contribution >= 0.6 is 11.8 Å². The zero-order valence-corrected chi connectivity index (χ0v) is 12.9. The molecular weight excluding hydrogens is 284 g/mol. The highest BCUT2D eigenvalue weighted by Gasteiger charge is 2.16. The predicted molar refractivity (Wildman–Crippen MR) is 86.4 cm³/mol. The molecule has 2 rings (SSSR count). The van der Waals surface area contributed by atoms with Crippen molar-refractivity contribution >= 4 is 29.2 Å². The summed E-state index contributed by atoms with van der Waals surface area (Å²) >= 11 is 1.31. The van der Waals surface area contributed by atoms with E-state index in [-0.39, 0.29) is 11.7 Å². The van der Waals surface area contributed by atoms with Crippen molar-refractivity contribution < 1.29 is 4.79 Å². The van der Waals surface area contributed by atoms with E-state index in [0.717, 1.165) is 11.3 Å². The number of hydrogen-bond acceptors (Lipinski definition) is 5. The summed E-state index contributed by atoms with van der Waals surface area (Å²) in [6, 6.07) is 7.86. The van der Waals surface area contributed by atoms with Crippen LogP contribution in [0.4, 0.5) is 11.5 Å². The number of aromatic nitrogens is 2. The summed E-state index contributed by atoms with van der Waals surface area (Å²) in [6.07, 6.45) is 3.11. The summed E-state index contributed by atoms with van der Waals surface area (Å²) in [5.41, 5.74) is 7.75. The van der Waals surface area contributed by atoms with Crippen molar-refractivity contribution in [2.75, 3.05) is 22.9 Å². The van der Waals surface area contributed by atoms with E-state index in [1.54, 1.807) is 11.1 Å². The number of carbonyl (C=O) groups excluding carboxylic acids is 1. The predicted octanol–water partition coefficient (Wildman–Crippen LogP) is 2.51. The van der Waals surface area contributed by atoms with Gasteiger partial charge in [-0.05, 0) is 25.5 Å². The zero-order valence-electron chi connectivity index (χ0n) is 12.1. The second kappa shape index (κ2) is 7.08. The van der Waals surface area contributed by atoms with Gasteiger partial charge in [-0.25, -0.2) is 9.97 Å². The molecule has 0 aliphatic heterocycles. The Morgan fingerprint density at radius 3 is 2.67 bits per heavy atom. The van der Waals surface area contributed by atoms with Crippen molar-refractivity contribution in [2.24, 2.45) is 0 Å². The highest BCUT2D eigenvalue weighted by Crippen LogP contribution is 2.23. The number of amides is 1. The van der Waals surface area contributed by atoms with Crippen LogP contribution in [0.2, 0.25) is 0 Å². The summed E-state index contributed by atoms with van der Waals surface area (Å²) in [6.45, 7) is 4.59. The molecule has 2 aromatic rings. The molecule has 1 heterocycles. The lowest BCUT2D eigenvalue weighted by Crippen LogP contribution is -2.32. The number of benzene rings is 1. The van der Waals surface area contributed by atoms with Gasteiger partial charge in [0.2, 0.25) is 5.91 Å². The first-order valence-corrected chi connectivity index (χ1v) is 7.67. The van der Waals surface area contributed by atoms with Gasteiger partial charge < -0.3 is 10.6 Å². The van der Waals surface area contributed by atoms with Crippen molar-refractivity contribution in [1.29, 1.82) is 0 Å². The number of thioether (sulfide) groups is 1. The van der Waals surface area contributed by atoms with Crippen LogP contribution in [0, 0.1) is 6.92 Å². The highest BCUT2D eigenvalue weighted by molar-refractivity contribution is 8.00. The molecular formula is C15H18N4OS. The van der Waals surface area contributed by atoms with Gasteiger partial charge in [0.05, 0.1) is 5.75 Å². The number of nitrogens with zero attached hydrogens (tertiary/aromatic N) is 3. The Morgan fingerprint density at radius 1 is 1.29 bits per heavy atom. The minimum atomic E-state index is 0.0295. The highest BCUT2D eigenvalue weighted by atomic mass is 32.2. The van der Waals surface area contributed by atoms with Gasteiger partial charge in [-0.2, -0.15) is 0 Å². The molecule has 0 saturated carbocycles. The van der Waals surface area contributed by atoms with Crippen LogP contribution in [-0.4, -0.2) is 28.2 Å². The third kappa shape index (κ3) is 3.72. The first-order valence-electron chi connectivity index (χ1n) is 6.68. The fourth-order valence-electron chi connectivity index (χ4n) is 2.00. The number of nitrogens with two attached hydrogens (primary N) is 1. The Labute approximate surface area is 128 Å². The number of rotatable bonds is 5. The minimum Gasteiger partial charge on any atom is -0.381 e. The number of anilines is 2. The molecule has 0 fully saturated rings. The maximum absolute atomic E-state index is 12.4. The van der Waals surface area contributed by atoms with Gasteiger partial charge >= 0.3 is 0 Å². The largest absolute Gasteiger partial charge is 0.381 e. The van der Waals surface area contributed by atoms with E-state index < -0.39 is 0 Å². The van der Waals surface area contributed by atoms with E-state index in [9.17, 15) is 4.79 Å². The van der Waals surface area contributed by atoms with Crippen LogP contribution in [-0.2, 0) is 4.79 Å². The van der Waals surface area contributed by atoms with Crippen molar-refractivity contribution in [3.8, 4) is 0 Å². The van der Waals surface area contributed by atoms with Crippen LogP contribution in [0.3, 0.4) is 0 Å². The van der Waals surface area contributed by atoms with E-state index in [0.29, 0.717) is 17.4 Å². The van der Waals surface area contributed by atoms with Gasteiger partial charge in [0.25, 0.3) is 0 Å². The maximum Gasteiger partial charge on any atom is 0.237 e. The van der Waals surface area contributed by atoms with E-state index in [1.807, 2.05) is 38.1 Å². The monoisotopic (exact) mass is 302 g/mol. The molecule has 0 aliphatic carbocycles. The number of hydrogen-bond donors (Lipinski definition) is 1. The van der Waals surface area contributed by atoms with E-state index in [4.69, 9.17) is 5.73 Å². The first kappa shape index (κ1) is 15.3. The Balaban J connectivity index is 2.08. The van der Waals surface area contributed by atoms with Crippen molar-refractivity contribution in [3.05, 3.63) is 42.2 Å². The van der Waals surface area contributed by atoms with Gasteiger partial charge in [-0.15, -0.1) is 0 Å². The molecule has 0 aliphatic rings.